The van der Waals surface area contributed by atoms with Gasteiger partial charge < -0.3 is 5.73 Å². The van der Waals surface area contributed by atoms with Crippen molar-refractivity contribution >= 4 is 0 Å². The van der Waals surface area contributed by atoms with Gasteiger partial charge in [0.2, 0.25) is 0 Å². The Kier molecular flexibility index (Phi) is 2.31. The number of hydrogen-bond donors (Lipinski definition) is 1. The Bertz CT molecular complexity index is 288. The monoisotopic (exact) mass is 180 g/mol. The fraction of sp³-hybridized carbons (Fsp3) is 0.778. The van der Waals surface area contributed by atoms with E-state index < -0.39 is 0 Å². The Morgan fingerprint density at radius 3 is 2.85 bits per heavy atom. The van der Waals surface area contributed by atoms with Crippen molar-refractivity contribution in [3.05, 3.63) is 11.4 Å². The molecular formula is C9H16N4. The number of aromatic nitrogens is 3. The van der Waals surface area contributed by atoms with Crippen LogP contribution in [-0.2, 0) is 13.1 Å². The zero-order valence-corrected chi connectivity index (χ0v) is 8.03. The molecule has 0 radical (unpaired) electrons. The van der Waals surface area contributed by atoms with E-state index in [0.29, 0.717) is 6.54 Å². The van der Waals surface area contributed by atoms with E-state index in [-0.39, 0.29) is 0 Å². The van der Waals surface area contributed by atoms with E-state index in [1.807, 2.05) is 11.6 Å². The van der Waals surface area contributed by atoms with Gasteiger partial charge >= 0.3 is 0 Å². The Morgan fingerprint density at radius 1 is 1.54 bits per heavy atom. The van der Waals surface area contributed by atoms with E-state index in [9.17, 15) is 0 Å². The highest BCUT2D eigenvalue weighted by atomic mass is 15.4. The molecule has 0 amide bonds. The molecule has 72 valence electrons. The van der Waals surface area contributed by atoms with E-state index in [2.05, 4.69) is 10.3 Å². The third kappa shape index (κ3) is 1.88. The summed E-state index contributed by atoms with van der Waals surface area (Å²) in [6.45, 7) is 3.54. The van der Waals surface area contributed by atoms with Crippen molar-refractivity contribution in [1.29, 1.82) is 0 Å². The average molecular weight is 180 g/mol. The van der Waals surface area contributed by atoms with Gasteiger partial charge in [0.15, 0.2) is 0 Å². The summed E-state index contributed by atoms with van der Waals surface area (Å²) in [6, 6.07) is 0. The predicted octanol–water partition coefficient (Wildman–Crippen LogP) is 0.845. The first-order valence-corrected chi connectivity index (χ1v) is 4.90. The standard InChI is InChI=1S/C9H16N4/c1-7-9(6-10)11-12-13(7)5-4-8-2-3-8/h8H,2-6,10H2,1H3. The van der Waals surface area contributed by atoms with Crippen molar-refractivity contribution in [3.63, 3.8) is 0 Å². The van der Waals surface area contributed by atoms with Crippen molar-refractivity contribution < 1.29 is 0 Å². The molecule has 0 unspecified atom stereocenters. The van der Waals surface area contributed by atoms with Gasteiger partial charge in [0.05, 0.1) is 11.4 Å². The lowest BCUT2D eigenvalue weighted by molar-refractivity contribution is 0.521. The fourth-order valence-electron chi connectivity index (χ4n) is 1.51. The van der Waals surface area contributed by atoms with Crippen molar-refractivity contribution in [2.75, 3.05) is 0 Å². The molecule has 2 rings (SSSR count). The fourth-order valence-corrected chi connectivity index (χ4v) is 1.51. The van der Waals surface area contributed by atoms with Gasteiger partial charge in [0, 0.05) is 13.1 Å². The summed E-state index contributed by atoms with van der Waals surface area (Å²) in [5, 5.41) is 8.09. The van der Waals surface area contributed by atoms with Gasteiger partial charge in [-0.2, -0.15) is 0 Å². The third-order valence-electron chi connectivity index (χ3n) is 2.72. The second-order valence-electron chi connectivity index (χ2n) is 3.78. The van der Waals surface area contributed by atoms with Gasteiger partial charge in [0.1, 0.15) is 0 Å². The van der Waals surface area contributed by atoms with Crippen molar-refractivity contribution in [3.8, 4) is 0 Å². The predicted molar refractivity (Wildman–Crippen MR) is 50.0 cm³/mol. The van der Waals surface area contributed by atoms with Crippen LogP contribution < -0.4 is 5.73 Å². The van der Waals surface area contributed by atoms with Crippen LogP contribution in [0.4, 0.5) is 0 Å². The average Bonchev–Trinajstić information content (AvgIpc) is 2.89. The Labute approximate surface area is 78.1 Å². The highest BCUT2D eigenvalue weighted by Crippen LogP contribution is 2.32. The molecule has 4 heteroatoms. The molecule has 1 aromatic heterocycles. The minimum Gasteiger partial charge on any atom is -0.325 e. The quantitative estimate of drug-likeness (QED) is 0.747. The first kappa shape index (κ1) is 8.69. The summed E-state index contributed by atoms with van der Waals surface area (Å²) in [5.74, 6) is 0.949. The van der Waals surface area contributed by atoms with Gasteiger partial charge in [-0.15, -0.1) is 5.10 Å². The summed E-state index contributed by atoms with van der Waals surface area (Å²) >= 11 is 0. The molecule has 2 N–H and O–H groups in total. The summed E-state index contributed by atoms with van der Waals surface area (Å²) in [4.78, 5) is 0. The lowest BCUT2D eigenvalue weighted by Gasteiger charge is -2.01. The largest absolute Gasteiger partial charge is 0.325 e. The molecule has 4 nitrogen and oxygen atoms in total. The molecule has 13 heavy (non-hydrogen) atoms. The van der Waals surface area contributed by atoms with Crippen LogP contribution in [-0.4, -0.2) is 15.0 Å². The molecular weight excluding hydrogens is 164 g/mol. The van der Waals surface area contributed by atoms with E-state index in [0.717, 1.165) is 23.9 Å². The summed E-state index contributed by atoms with van der Waals surface area (Å²) < 4.78 is 1.97. The number of hydrogen-bond acceptors (Lipinski definition) is 3. The Balaban J connectivity index is 1.97. The van der Waals surface area contributed by atoms with E-state index in [1.54, 1.807) is 0 Å². The van der Waals surface area contributed by atoms with Crippen LogP contribution in [0.25, 0.3) is 0 Å². The van der Waals surface area contributed by atoms with Crippen LogP contribution in [0.3, 0.4) is 0 Å². The van der Waals surface area contributed by atoms with Crippen LogP contribution in [0.15, 0.2) is 0 Å². The Hall–Kier alpha value is -0.900. The lowest BCUT2D eigenvalue weighted by Crippen LogP contribution is -2.04. The molecule has 1 heterocycles. The smallest absolute Gasteiger partial charge is 0.0991 e. The van der Waals surface area contributed by atoms with Gasteiger partial charge in [0.25, 0.3) is 0 Å². The van der Waals surface area contributed by atoms with Crippen molar-refractivity contribution in [2.45, 2.75) is 39.3 Å². The van der Waals surface area contributed by atoms with Crippen LogP contribution >= 0.6 is 0 Å². The van der Waals surface area contributed by atoms with Gasteiger partial charge in [-0.25, -0.2) is 4.68 Å². The summed E-state index contributed by atoms with van der Waals surface area (Å²) in [6.07, 6.45) is 4.04. The van der Waals surface area contributed by atoms with Crippen LogP contribution in [0.2, 0.25) is 0 Å². The number of rotatable bonds is 4. The maximum atomic E-state index is 5.52. The maximum absolute atomic E-state index is 5.52. The molecule has 0 saturated heterocycles. The highest BCUT2D eigenvalue weighted by Gasteiger charge is 2.21. The first-order chi connectivity index (χ1) is 6.31. The summed E-state index contributed by atoms with van der Waals surface area (Å²) in [7, 11) is 0. The van der Waals surface area contributed by atoms with Crippen LogP contribution in [0.1, 0.15) is 30.7 Å². The molecule has 1 saturated carbocycles. The first-order valence-electron chi connectivity index (χ1n) is 4.90. The second-order valence-corrected chi connectivity index (χ2v) is 3.78. The molecule has 0 aliphatic heterocycles. The minimum absolute atomic E-state index is 0.495. The molecule has 1 aromatic rings. The SMILES string of the molecule is Cc1c(CN)nnn1CCC1CC1. The third-order valence-corrected chi connectivity index (χ3v) is 2.72. The molecule has 1 fully saturated rings. The van der Waals surface area contributed by atoms with Gasteiger partial charge in [-0.05, 0) is 19.3 Å². The maximum Gasteiger partial charge on any atom is 0.0991 e. The molecule has 1 aliphatic carbocycles. The Morgan fingerprint density at radius 2 is 2.31 bits per heavy atom. The minimum atomic E-state index is 0.495. The number of nitrogens with zero attached hydrogens (tertiary/aromatic N) is 3. The van der Waals surface area contributed by atoms with Gasteiger partial charge in [-0.3, -0.25) is 0 Å². The van der Waals surface area contributed by atoms with E-state index in [4.69, 9.17) is 5.73 Å². The molecule has 0 atom stereocenters. The van der Waals surface area contributed by atoms with Crippen molar-refractivity contribution in [2.24, 2.45) is 11.7 Å². The zero-order chi connectivity index (χ0) is 9.26. The lowest BCUT2D eigenvalue weighted by atomic mass is 10.3. The normalized spacial score (nSPS) is 16.5. The number of nitrogens with two attached hydrogens (primary N) is 1. The molecule has 0 aromatic carbocycles. The molecule has 0 bridgehead atoms. The second kappa shape index (κ2) is 3.46. The van der Waals surface area contributed by atoms with E-state index >= 15 is 0 Å². The van der Waals surface area contributed by atoms with Gasteiger partial charge in [-0.1, -0.05) is 18.1 Å². The van der Waals surface area contributed by atoms with Crippen LogP contribution in [0.5, 0.6) is 0 Å². The number of aryl methyl sites for hydroxylation is 1. The highest BCUT2D eigenvalue weighted by molar-refractivity contribution is 5.06. The molecule has 1 aliphatic rings. The van der Waals surface area contributed by atoms with Crippen molar-refractivity contribution in [1.82, 2.24) is 15.0 Å². The van der Waals surface area contributed by atoms with E-state index in [1.165, 1.54) is 19.3 Å². The molecule has 0 spiro atoms. The van der Waals surface area contributed by atoms with Crippen LogP contribution in [0, 0.1) is 12.8 Å². The summed E-state index contributed by atoms with van der Waals surface area (Å²) in [5.41, 5.74) is 7.57. The topological polar surface area (TPSA) is 56.7 Å². The zero-order valence-electron chi connectivity index (χ0n) is 8.03.